The highest BCUT2D eigenvalue weighted by Gasteiger charge is 2.22. The molecule has 2 heteroatoms. The van der Waals surface area contributed by atoms with Crippen LogP contribution < -0.4 is 0 Å². The Morgan fingerprint density at radius 3 is 2.31 bits per heavy atom. The first-order valence-electron chi connectivity index (χ1n) is 4.30. The molecule has 70 valence electrons. The standard InChI is InChI=1S/C11H14OS/c1-11(2,8-10(12)13)9-6-4-3-5-7-9/h3-7H,8H2,1-2H3,(H,12,13). The lowest BCUT2D eigenvalue weighted by atomic mass is 9.82. The molecule has 0 atom stereocenters. The Balaban J connectivity index is 2.87. The van der Waals surface area contributed by atoms with Gasteiger partial charge in [0.1, 0.15) is 0 Å². The van der Waals surface area contributed by atoms with E-state index in [-0.39, 0.29) is 10.5 Å². The SMILES string of the molecule is CC(C)(CC(=O)S)c1ccccc1. The second-order valence-electron chi connectivity index (χ2n) is 3.82. The molecule has 0 aliphatic heterocycles. The van der Waals surface area contributed by atoms with Crippen molar-refractivity contribution >= 4 is 17.7 Å². The van der Waals surface area contributed by atoms with Crippen molar-refractivity contribution in [1.82, 2.24) is 0 Å². The van der Waals surface area contributed by atoms with E-state index in [0.29, 0.717) is 6.42 Å². The van der Waals surface area contributed by atoms with Gasteiger partial charge in [-0.05, 0) is 11.0 Å². The van der Waals surface area contributed by atoms with Gasteiger partial charge in [0.25, 0.3) is 0 Å². The topological polar surface area (TPSA) is 17.1 Å². The molecule has 1 aromatic carbocycles. The molecule has 0 bridgehead atoms. The van der Waals surface area contributed by atoms with Crippen LogP contribution in [-0.4, -0.2) is 5.12 Å². The Labute approximate surface area is 84.6 Å². The number of carbonyl (C=O) groups is 1. The highest BCUT2D eigenvalue weighted by atomic mass is 32.1. The van der Waals surface area contributed by atoms with E-state index in [0.717, 1.165) is 0 Å². The molecule has 0 spiro atoms. The molecule has 0 aliphatic carbocycles. The predicted molar refractivity (Wildman–Crippen MR) is 58.1 cm³/mol. The normalized spacial score (nSPS) is 11.3. The van der Waals surface area contributed by atoms with E-state index in [1.807, 2.05) is 30.3 Å². The lowest BCUT2D eigenvalue weighted by Crippen LogP contribution is -2.19. The lowest BCUT2D eigenvalue weighted by Gasteiger charge is -2.23. The first kappa shape index (κ1) is 10.3. The molecule has 0 unspecified atom stereocenters. The summed E-state index contributed by atoms with van der Waals surface area (Å²) < 4.78 is 0. The minimum absolute atomic E-state index is 0.0612. The molecule has 13 heavy (non-hydrogen) atoms. The minimum atomic E-state index is -0.111. The van der Waals surface area contributed by atoms with Crippen LogP contribution >= 0.6 is 12.6 Å². The molecule has 1 nitrogen and oxygen atoms in total. The molecule has 1 rings (SSSR count). The van der Waals surface area contributed by atoms with Crippen LogP contribution in [0.15, 0.2) is 30.3 Å². The lowest BCUT2D eigenvalue weighted by molar-refractivity contribution is -0.111. The molecule has 0 fully saturated rings. The van der Waals surface area contributed by atoms with Crippen LogP contribution in [0.25, 0.3) is 0 Å². The van der Waals surface area contributed by atoms with Crippen molar-refractivity contribution in [2.45, 2.75) is 25.7 Å². The van der Waals surface area contributed by atoms with Crippen molar-refractivity contribution < 1.29 is 4.79 Å². The summed E-state index contributed by atoms with van der Waals surface area (Å²) in [4.78, 5) is 10.9. The van der Waals surface area contributed by atoms with Crippen molar-refractivity contribution in [3.8, 4) is 0 Å². The Kier molecular flexibility index (Phi) is 3.15. The third-order valence-corrected chi connectivity index (χ3v) is 2.31. The fourth-order valence-corrected chi connectivity index (χ4v) is 1.76. The number of benzene rings is 1. The molecule has 1 aromatic rings. The summed E-state index contributed by atoms with van der Waals surface area (Å²) in [5.74, 6) is 0. The van der Waals surface area contributed by atoms with E-state index >= 15 is 0 Å². The Morgan fingerprint density at radius 2 is 1.85 bits per heavy atom. The molecular formula is C11H14OS. The zero-order valence-corrected chi connectivity index (χ0v) is 8.84. The van der Waals surface area contributed by atoms with E-state index < -0.39 is 0 Å². The van der Waals surface area contributed by atoms with E-state index in [4.69, 9.17) is 0 Å². The maximum atomic E-state index is 10.9. The Hall–Kier alpha value is -0.760. The van der Waals surface area contributed by atoms with Crippen LogP contribution in [0.2, 0.25) is 0 Å². The van der Waals surface area contributed by atoms with Crippen molar-refractivity contribution in [2.24, 2.45) is 0 Å². The number of rotatable bonds is 3. The smallest absolute Gasteiger partial charge is 0.186 e. The predicted octanol–water partition coefficient (Wildman–Crippen LogP) is 2.81. The first-order chi connectivity index (χ1) is 6.02. The summed E-state index contributed by atoms with van der Waals surface area (Å²) in [6.07, 6.45) is 0.472. The highest BCUT2D eigenvalue weighted by Crippen LogP contribution is 2.27. The monoisotopic (exact) mass is 194 g/mol. The van der Waals surface area contributed by atoms with Gasteiger partial charge >= 0.3 is 0 Å². The summed E-state index contributed by atoms with van der Waals surface area (Å²) >= 11 is 3.80. The molecular weight excluding hydrogens is 180 g/mol. The van der Waals surface area contributed by atoms with Crippen LogP contribution in [0.3, 0.4) is 0 Å². The van der Waals surface area contributed by atoms with Gasteiger partial charge in [0.2, 0.25) is 0 Å². The maximum absolute atomic E-state index is 10.9. The van der Waals surface area contributed by atoms with Crippen LogP contribution in [0, 0.1) is 0 Å². The van der Waals surface area contributed by atoms with Gasteiger partial charge in [-0.3, -0.25) is 4.79 Å². The van der Waals surface area contributed by atoms with Gasteiger partial charge in [-0.2, -0.15) is 0 Å². The van der Waals surface area contributed by atoms with Gasteiger partial charge in [-0.1, -0.05) is 44.2 Å². The van der Waals surface area contributed by atoms with Crippen molar-refractivity contribution in [1.29, 1.82) is 0 Å². The summed E-state index contributed by atoms with van der Waals surface area (Å²) in [7, 11) is 0. The molecule has 0 aromatic heterocycles. The molecule has 0 saturated carbocycles. The minimum Gasteiger partial charge on any atom is -0.287 e. The molecule has 0 heterocycles. The second kappa shape index (κ2) is 3.97. The zero-order chi connectivity index (χ0) is 9.90. The summed E-state index contributed by atoms with van der Waals surface area (Å²) in [6, 6.07) is 10.0. The average Bonchev–Trinajstić information content (AvgIpc) is 2.04. The van der Waals surface area contributed by atoms with E-state index in [9.17, 15) is 4.79 Å². The fraction of sp³-hybridized carbons (Fsp3) is 0.364. The van der Waals surface area contributed by atoms with E-state index in [1.54, 1.807) is 0 Å². The van der Waals surface area contributed by atoms with Gasteiger partial charge in [0.05, 0.1) is 0 Å². The number of hydrogen-bond acceptors (Lipinski definition) is 1. The summed E-state index contributed by atoms with van der Waals surface area (Å²) in [5.41, 5.74) is 1.07. The molecule has 0 N–H and O–H groups in total. The Bertz CT molecular complexity index is 290. The van der Waals surface area contributed by atoms with E-state index in [1.165, 1.54) is 5.56 Å². The van der Waals surface area contributed by atoms with Gasteiger partial charge in [0.15, 0.2) is 5.12 Å². The van der Waals surface area contributed by atoms with Gasteiger partial charge in [-0.15, -0.1) is 12.6 Å². The van der Waals surface area contributed by atoms with Gasteiger partial charge in [0, 0.05) is 6.42 Å². The van der Waals surface area contributed by atoms with Crippen LogP contribution in [-0.2, 0) is 10.2 Å². The third kappa shape index (κ3) is 2.88. The summed E-state index contributed by atoms with van der Waals surface area (Å²) in [6.45, 7) is 4.10. The number of carbonyl (C=O) groups excluding carboxylic acids is 1. The summed E-state index contributed by atoms with van der Waals surface area (Å²) in [5, 5.41) is -0.0612. The maximum Gasteiger partial charge on any atom is 0.186 e. The molecule has 0 saturated heterocycles. The van der Waals surface area contributed by atoms with Crippen molar-refractivity contribution in [2.75, 3.05) is 0 Å². The molecule has 0 amide bonds. The van der Waals surface area contributed by atoms with E-state index in [2.05, 4.69) is 26.5 Å². The average molecular weight is 194 g/mol. The molecule has 0 radical (unpaired) electrons. The van der Waals surface area contributed by atoms with Gasteiger partial charge in [-0.25, -0.2) is 0 Å². The fourth-order valence-electron chi connectivity index (χ4n) is 1.37. The van der Waals surface area contributed by atoms with Crippen LogP contribution in [0.1, 0.15) is 25.8 Å². The third-order valence-electron chi connectivity index (χ3n) is 2.15. The quantitative estimate of drug-likeness (QED) is 0.732. The number of thiol groups is 1. The van der Waals surface area contributed by atoms with Gasteiger partial charge < -0.3 is 0 Å². The molecule has 0 aliphatic rings. The van der Waals surface area contributed by atoms with Crippen LogP contribution in [0.5, 0.6) is 0 Å². The first-order valence-corrected chi connectivity index (χ1v) is 4.74. The van der Waals surface area contributed by atoms with Crippen molar-refractivity contribution in [3.63, 3.8) is 0 Å². The van der Waals surface area contributed by atoms with Crippen LogP contribution in [0.4, 0.5) is 0 Å². The highest BCUT2D eigenvalue weighted by molar-refractivity contribution is 7.96. The second-order valence-corrected chi connectivity index (χ2v) is 4.32. The largest absolute Gasteiger partial charge is 0.287 e. The Morgan fingerprint density at radius 1 is 1.31 bits per heavy atom. The zero-order valence-electron chi connectivity index (χ0n) is 7.95. The number of hydrogen-bond donors (Lipinski definition) is 1. The van der Waals surface area contributed by atoms with Crippen molar-refractivity contribution in [3.05, 3.63) is 35.9 Å².